The van der Waals surface area contributed by atoms with Gasteiger partial charge in [0.05, 0.1) is 11.2 Å². The van der Waals surface area contributed by atoms with E-state index in [1.165, 1.54) is 55.6 Å². The Morgan fingerprint density at radius 1 is 1.14 bits per heavy atom. The van der Waals surface area contributed by atoms with Crippen molar-refractivity contribution in [3.8, 4) is 0 Å². The zero-order valence-electron chi connectivity index (χ0n) is 14.0. The number of rotatable bonds is 3. The number of thiazole rings is 1. The van der Waals surface area contributed by atoms with Crippen LogP contribution in [0.2, 0.25) is 0 Å². The van der Waals surface area contributed by atoms with Crippen LogP contribution in [0.1, 0.15) is 75.4 Å². The fraction of sp³-hybridized carbons (Fsp3) is 0.833. The van der Waals surface area contributed by atoms with Crippen LogP contribution in [0.15, 0.2) is 0 Å². The molecule has 3 heteroatoms. The quantitative estimate of drug-likeness (QED) is 0.877. The summed E-state index contributed by atoms with van der Waals surface area (Å²) in [6.45, 7) is 9.39. The van der Waals surface area contributed by atoms with E-state index >= 15 is 0 Å². The highest BCUT2D eigenvalue weighted by atomic mass is 32.1. The van der Waals surface area contributed by atoms with Crippen molar-refractivity contribution in [2.75, 3.05) is 0 Å². The van der Waals surface area contributed by atoms with E-state index < -0.39 is 0 Å². The van der Waals surface area contributed by atoms with Crippen molar-refractivity contribution in [3.05, 3.63) is 15.6 Å². The summed E-state index contributed by atoms with van der Waals surface area (Å²) in [7, 11) is 0. The number of nitrogens with one attached hydrogen (secondary N) is 1. The molecular formula is C18H30N2S. The van der Waals surface area contributed by atoms with Gasteiger partial charge in [-0.25, -0.2) is 4.98 Å². The van der Waals surface area contributed by atoms with E-state index in [4.69, 9.17) is 4.98 Å². The van der Waals surface area contributed by atoms with Gasteiger partial charge in [-0.3, -0.25) is 0 Å². The molecule has 0 amide bonds. The third-order valence-corrected chi connectivity index (χ3v) is 6.38. The first-order valence-corrected chi connectivity index (χ1v) is 9.57. The van der Waals surface area contributed by atoms with Gasteiger partial charge in [-0.1, -0.05) is 13.8 Å². The molecule has 1 aromatic heterocycles. The second kappa shape index (κ2) is 6.00. The smallest absolute Gasteiger partial charge is 0.113 e. The number of hydrogen-bond acceptors (Lipinski definition) is 3. The van der Waals surface area contributed by atoms with Crippen molar-refractivity contribution >= 4 is 11.3 Å². The highest BCUT2D eigenvalue weighted by molar-refractivity contribution is 7.11. The van der Waals surface area contributed by atoms with Gasteiger partial charge < -0.3 is 5.32 Å². The lowest BCUT2D eigenvalue weighted by Gasteiger charge is -2.43. The van der Waals surface area contributed by atoms with Crippen LogP contribution in [-0.4, -0.2) is 11.0 Å². The normalized spacial score (nSPS) is 33.2. The molecule has 0 bridgehead atoms. The fourth-order valence-electron chi connectivity index (χ4n) is 4.59. The number of aryl methyl sites for hydroxylation is 2. The average Bonchev–Trinajstić information content (AvgIpc) is 2.80. The highest BCUT2D eigenvalue weighted by Gasteiger charge is 2.42. The van der Waals surface area contributed by atoms with Crippen molar-refractivity contribution in [3.63, 3.8) is 0 Å². The van der Waals surface area contributed by atoms with Crippen molar-refractivity contribution in [2.45, 2.75) is 84.2 Å². The Bertz CT molecular complexity index is 452. The summed E-state index contributed by atoms with van der Waals surface area (Å²) >= 11 is 2.01. The van der Waals surface area contributed by atoms with Crippen LogP contribution in [-0.2, 0) is 18.4 Å². The molecule has 1 fully saturated rings. The van der Waals surface area contributed by atoms with Gasteiger partial charge >= 0.3 is 0 Å². The van der Waals surface area contributed by atoms with E-state index in [0.29, 0.717) is 6.04 Å². The predicted molar refractivity (Wildman–Crippen MR) is 90.9 cm³/mol. The average molecular weight is 307 g/mol. The van der Waals surface area contributed by atoms with Gasteiger partial charge in [0.2, 0.25) is 0 Å². The van der Waals surface area contributed by atoms with E-state index in [-0.39, 0.29) is 5.54 Å². The molecule has 2 nitrogen and oxygen atoms in total. The van der Waals surface area contributed by atoms with Gasteiger partial charge in [-0.2, -0.15) is 0 Å². The van der Waals surface area contributed by atoms with Crippen molar-refractivity contribution in [1.82, 2.24) is 10.3 Å². The second-order valence-corrected chi connectivity index (χ2v) is 8.92. The number of fused-ring (bicyclic) bond motifs is 1. The maximum atomic E-state index is 5.12. The topological polar surface area (TPSA) is 24.9 Å². The predicted octanol–water partition coefficient (Wildman–Crippen LogP) is 4.67. The van der Waals surface area contributed by atoms with Gasteiger partial charge in [0.1, 0.15) is 5.01 Å². The summed E-state index contributed by atoms with van der Waals surface area (Å²) in [5, 5.41) is 5.32. The van der Waals surface area contributed by atoms with Crippen LogP contribution < -0.4 is 5.32 Å². The Hall–Kier alpha value is -0.410. The van der Waals surface area contributed by atoms with Gasteiger partial charge in [0.25, 0.3) is 0 Å². The number of hydrogen-bond donors (Lipinski definition) is 1. The van der Waals surface area contributed by atoms with Gasteiger partial charge in [0, 0.05) is 10.9 Å². The second-order valence-electron chi connectivity index (χ2n) is 7.83. The molecule has 1 heterocycles. The lowest BCUT2D eigenvalue weighted by atomic mass is 9.71. The summed E-state index contributed by atoms with van der Waals surface area (Å²) in [6.07, 6.45) is 9.01. The van der Waals surface area contributed by atoms with Crippen molar-refractivity contribution < 1.29 is 0 Å². The van der Waals surface area contributed by atoms with Crippen LogP contribution >= 0.6 is 11.3 Å². The Labute approximate surface area is 133 Å². The minimum Gasteiger partial charge on any atom is -0.303 e. The molecule has 3 rings (SSSR count). The van der Waals surface area contributed by atoms with E-state index in [9.17, 15) is 0 Å². The summed E-state index contributed by atoms with van der Waals surface area (Å²) in [6, 6.07) is 0.517. The van der Waals surface area contributed by atoms with Gasteiger partial charge in [-0.15, -0.1) is 11.3 Å². The van der Waals surface area contributed by atoms with Gasteiger partial charge in [-0.05, 0) is 70.6 Å². The SMILES string of the molecule is CC1CC(C)CC(NC(C)C)(c2nc3c(s2)CCCC3)C1. The molecule has 0 saturated heterocycles. The first-order chi connectivity index (χ1) is 9.98. The third kappa shape index (κ3) is 3.19. The maximum Gasteiger partial charge on any atom is 0.113 e. The van der Waals surface area contributed by atoms with Crippen LogP contribution in [0, 0.1) is 11.8 Å². The molecule has 1 saturated carbocycles. The molecular weight excluding hydrogens is 276 g/mol. The Morgan fingerprint density at radius 2 is 1.81 bits per heavy atom. The molecule has 118 valence electrons. The van der Waals surface area contributed by atoms with Crippen LogP contribution in [0.5, 0.6) is 0 Å². The fourth-order valence-corrected chi connectivity index (χ4v) is 5.91. The van der Waals surface area contributed by atoms with E-state index in [1.807, 2.05) is 11.3 Å². The molecule has 2 unspecified atom stereocenters. The summed E-state index contributed by atoms with van der Waals surface area (Å²) < 4.78 is 0. The van der Waals surface area contributed by atoms with Gasteiger partial charge in [0.15, 0.2) is 0 Å². The Balaban J connectivity index is 1.96. The summed E-state index contributed by atoms with van der Waals surface area (Å²) in [5.41, 5.74) is 1.55. The lowest BCUT2D eigenvalue weighted by Crippen LogP contribution is -2.50. The Morgan fingerprint density at radius 3 is 2.43 bits per heavy atom. The van der Waals surface area contributed by atoms with Crippen LogP contribution in [0.25, 0.3) is 0 Å². The summed E-state index contributed by atoms with van der Waals surface area (Å²) in [4.78, 5) is 6.70. The molecule has 21 heavy (non-hydrogen) atoms. The molecule has 1 aromatic rings. The van der Waals surface area contributed by atoms with E-state index in [0.717, 1.165) is 11.8 Å². The largest absolute Gasteiger partial charge is 0.303 e. The maximum absolute atomic E-state index is 5.12. The van der Waals surface area contributed by atoms with Crippen molar-refractivity contribution in [1.29, 1.82) is 0 Å². The molecule has 0 aromatic carbocycles. The van der Waals surface area contributed by atoms with E-state index in [1.54, 1.807) is 4.88 Å². The van der Waals surface area contributed by atoms with Crippen LogP contribution in [0.4, 0.5) is 0 Å². The zero-order chi connectivity index (χ0) is 15.0. The molecule has 1 N–H and O–H groups in total. The molecule has 2 aliphatic carbocycles. The minimum atomic E-state index is 0.132. The number of nitrogens with zero attached hydrogens (tertiary/aromatic N) is 1. The first kappa shape index (κ1) is 15.5. The third-order valence-electron chi connectivity index (χ3n) is 5.02. The first-order valence-electron chi connectivity index (χ1n) is 8.75. The number of aromatic nitrogens is 1. The minimum absolute atomic E-state index is 0.132. The Kier molecular flexibility index (Phi) is 4.42. The molecule has 0 radical (unpaired) electrons. The molecule has 0 spiro atoms. The summed E-state index contributed by atoms with van der Waals surface area (Å²) in [5.74, 6) is 1.59. The molecule has 2 atom stereocenters. The lowest BCUT2D eigenvalue weighted by molar-refractivity contribution is 0.133. The molecule has 0 aliphatic heterocycles. The monoisotopic (exact) mass is 306 g/mol. The van der Waals surface area contributed by atoms with E-state index in [2.05, 4.69) is 33.0 Å². The van der Waals surface area contributed by atoms with Crippen molar-refractivity contribution in [2.24, 2.45) is 11.8 Å². The standard InChI is InChI=1S/C18H30N2S/c1-12(2)20-18(10-13(3)9-14(4)11-18)17-19-15-7-5-6-8-16(15)21-17/h12-14,20H,5-11H2,1-4H3. The van der Waals surface area contributed by atoms with Crippen LogP contribution in [0.3, 0.4) is 0 Å². The molecule has 2 aliphatic rings. The zero-order valence-corrected chi connectivity index (χ0v) is 14.9. The highest BCUT2D eigenvalue weighted by Crippen LogP contribution is 2.45.